The molecule has 1 atom stereocenters. The molecular formula is C15H22N2O3. The average molecular weight is 278 g/mol. The lowest BCUT2D eigenvalue weighted by Crippen LogP contribution is -2.36. The van der Waals surface area contributed by atoms with Crippen LogP contribution in [0.1, 0.15) is 24.8 Å². The number of carbonyl (C=O) groups is 1. The Morgan fingerprint density at radius 2 is 2.25 bits per heavy atom. The van der Waals surface area contributed by atoms with Gasteiger partial charge in [-0.15, -0.1) is 0 Å². The molecule has 1 amide bonds. The van der Waals surface area contributed by atoms with Crippen molar-refractivity contribution in [1.29, 1.82) is 0 Å². The first-order chi connectivity index (χ1) is 9.76. The van der Waals surface area contributed by atoms with Gasteiger partial charge in [0.25, 0.3) is 5.91 Å². The van der Waals surface area contributed by atoms with Gasteiger partial charge in [0.05, 0.1) is 7.11 Å². The molecule has 1 aromatic carbocycles. The smallest absolute Gasteiger partial charge is 0.261 e. The number of para-hydroxylation sites is 1. The van der Waals surface area contributed by atoms with E-state index in [1.54, 1.807) is 7.11 Å². The molecule has 110 valence electrons. The van der Waals surface area contributed by atoms with E-state index < -0.39 is 6.10 Å². The molecule has 1 heterocycles. The van der Waals surface area contributed by atoms with Crippen LogP contribution >= 0.6 is 0 Å². The molecule has 5 nitrogen and oxygen atoms in total. The zero-order valence-electron chi connectivity index (χ0n) is 12.1. The van der Waals surface area contributed by atoms with Gasteiger partial charge >= 0.3 is 0 Å². The van der Waals surface area contributed by atoms with E-state index in [0.29, 0.717) is 18.0 Å². The van der Waals surface area contributed by atoms with Gasteiger partial charge in [-0.05, 0) is 32.4 Å². The molecule has 1 aliphatic rings. The van der Waals surface area contributed by atoms with Crippen molar-refractivity contribution in [3.8, 4) is 11.5 Å². The first-order valence-electron chi connectivity index (χ1n) is 7.01. The summed E-state index contributed by atoms with van der Waals surface area (Å²) in [5.41, 5.74) is 0.990. The van der Waals surface area contributed by atoms with E-state index in [1.165, 1.54) is 0 Å². The summed E-state index contributed by atoms with van der Waals surface area (Å²) in [6.07, 6.45) is 2.29. The number of carbonyl (C=O) groups excluding carboxylic acids is 1. The Labute approximate surface area is 119 Å². The highest BCUT2D eigenvalue weighted by atomic mass is 16.5. The quantitative estimate of drug-likeness (QED) is 0.856. The van der Waals surface area contributed by atoms with Crippen molar-refractivity contribution in [1.82, 2.24) is 10.6 Å². The lowest BCUT2D eigenvalue weighted by atomic mass is 10.1. The van der Waals surface area contributed by atoms with Gasteiger partial charge in [-0.1, -0.05) is 12.1 Å². The fourth-order valence-corrected chi connectivity index (χ4v) is 2.35. The SMILES string of the molecule is CNCc1cccc(OC)c1OC1CCCCNC1=O. The molecule has 2 rings (SSSR count). The molecule has 1 aliphatic heterocycles. The zero-order valence-corrected chi connectivity index (χ0v) is 12.1. The second kappa shape index (κ2) is 7.14. The fraction of sp³-hybridized carbons (Fsp3) is 0.533. The minimum absolute atomic E-state index is 0.0381. The summed E-state index contributed by atoms with van der Waals surface area (Å²) in [4.78, 5) is 12.0. The lowest BCUT2D eigenvalue weighted by molar-refractivity contribution is -0.127. The molecule has 0 aliphatic carbocycles. The van der Waals surface area contributed by atoms with Crippen molar-refractivity contribution < 1.29 is 14.3 Å². The van der Waals surface area contributed by atoms with Crippen LogP contribution < -0.4 is 20.1 Å². The fourth-order valence-electron chi connectivity index (χ4n) is 2.35. The van der Waals surface area contributed by atoms with Gasteiger partial charge in [0.2, 0.25) is 0 Å². The summed E-state index contributed by atoms with van der Waals surface area (Å²) in [6, 6.07) is 5.75. The highest BCUT2D eigenvalue weighted by Gasteiger charge is 2.24. The molecule has 1 aromatic rings. The van der Waals surface area contributed by atoms with Crippen molar-refractivity contribution in [2.45, 2.75) is 31.9 Å². The number of rotatable bonds is 5. The van der Waals surface area contributed by atoms with Crippen molar-refractivity contribution in [2.24, 2.45) is 0 Å². The first kappa shape index (κ1) is 14.7. The molecule has 0 bridgehead atoms. The van der Waals surface area contributed by atoms with Crippen molar-refractivity contribution in [3.63, 3.8) is 0 Å². The number of nitrogens with one attached hydrogen (secondary N) is 2. The second-order valence-corrected chi connectivity index (χ2v) is 4.87. The van der Waals surface area contributed by atoms with Gasteiger partial charge in [0.1, 0.15) is 0 Å². The minimum atomic E-state index is -0.440. The average Bonchev–Trinajstić information content (AvgIpc) is 2.66. The largest absolute Gasteiger partial charge is 0.493 e. The van der Waals surface area contributed by atoms with E-state index in [2.05, 4.69) is 10.6 Å². The molecule has 0 radical (unpaired) electrons. The number of methoxy groups -OCH3 is 1. The van der Waals surface area contributed by atoms with Crippen LogP contribution in [0.5, 0.6) is 11.5 Å². The summed E-state index contributed by atoms with van der Waals surface area (Å²) >= 11 is 0. The highest BCUT2D eigenvalue weighted by molar-refractivity contribution is 5.81. The van der Waals surface area contributed by atoms with Crippen LogP contribution in [0.2, 0.25) is 0 Å². The number of amides is 1. The minimum Gasteiger partial charge on any atom is -0.493 e. The van der Waals surface area contributed by atoms with Gasteiger partial charge in [-0.2, -0.15) is 0 Å². The topological polar surface area (TPSA) is 59.6 Å². The van der Waals surface area contributed by atoms with Crippen molar-refractivity contribution in [2.75, 3.05) is 20.7 Å². The van der Waals surface area contributed by atoms with Crippen LogP contribution in [0.25, 0.3) is 0 Å². The van der Waals surface area contributed by atoms with E-state index in [9.17, 15) is 4.79 Å². The van der Waals surface area contributed by atoms with Crippen LogP contribution in [-0.2, 0) is 11.3 Å². The van der Waals surface area contributed by atoms with Crippen LogP contribution in [0.15, 0.2) is 18.2 Å². The Bertz CT molecular complexity index is 462. The van der Waals surface area contributed by atoms with Crippen LogP contribution in [0.3, 0.4) is 0 Å². The molecule has 1 fully saturated rings. The number of hydrogen-bond donors (Lipinski definition) is 2. The summed E-state index contributed by atoms with van der Waals surface area (Å²) in [6.45, 7) is 1.40. The maximum Gasteiger partial charge on any atom is 0.261 e. The van der Waals surface area contributed by atoms with E-state index in [0.717, 1.165) is 31.4 Å². The van der Waals surface area contributed by atoms with Gasteiger partial charge in [-0.3, -0.25) is 4.79 Å². The molecule has 0 saturated carbocycles. The third-order valence-corrected chi connectivity index (χ3v) is 3.39. The van der Waals surface area contributed by atoms with Gasteiger partial charge in [0.15, 0.2) is 17.6 Å². The number of benzene rings is 1. The first-order valence-corrected chi connectivity index (χ1v) is 7.01. The maximum atomic E-state index is 12.0. The lowest BCUT2D eigenvalue weighted by Gasteiger charge is -2.20. The number of ether oxygens (including phenoxy) is 2. The molecule has 2 N–H and O–H groups in total. The van der Waals surface area contributed by atoms with E-state index >= 15 is 0 Å². The van der Waals surface area contributed by atoms with E-state index in [1.807, 2.05) is 25.2 Å². The Balaban J connectivity index is 2.23. The molecule has 1 saturated heterocycles. The van der Waals surface area contributed by atoms with Crippen LogP contribution in [0, 0.1) is 0 Å². The normalized spacial score (nSPS) is 19.1. The molecule has 0 spiro atoms. The second-order valence-electron chi connectivity index (χ2n) is 4.87. The van der Waals surface area contributed by atoms with E-state index in [-0.39, 0.29) is 5.91 Å². The maximum absolute atomic E-state index is 12.0. The van der Waals surface area contributed by atoms with Gasteiger partial charge in [0, 0.05) is 18.7 Å². The van der Waals surface area contributed by atoms with Gasteiger partial charge < -0.3 is 20.1 Å². The standard InChI is InChI=1S/C15H22N2O3/c1-16-10-11-6-5-8-12(19-2)14(11)20-13-7-3-4-9-17-15(13)18/h5-6,8,13,16H,3-4,7,9-10H2,1-2H3,(H,17,18). The third-order valence-electron chi connectivity index (χ3n) is 3.39. The predicted molar refractivity (Wildman–Crippen MR) is 77.0 cm³/mol. The van der Waals surface area contributed by atoms with Crippen LogP contribution in [-0.4, -0.2) is 32.7 Å². The Morgan fingerprint density at radius 1 is 1.40 bits per heavy atom. The summed E-state index contributed by atoms with van der Waals surface area (Å²) < 4.78 is 11.3. The summed E-state index contributed by atoms with van der Waals surface area (Å²) in [5.74, 6) is 1.28. The molecule has 1 unspecified atom stereocenters. The molecular weight excluding hydrogens is 256 g/mol. The predicted octanol–water partition coefficient (Wildman–Crippen LogP) is 1.46. The Hall–Kier alpha value is -1.75. The third kappa shape index (κ3) is 3.42. The molecule has 0 aromatic heterocycles. The van der Waals surface area contributed by atoms with Gasteiger partial charge in [-0.25, -0.2) is 0 Å². The molecule has 20 heavy (non-hydrogen) atoms. The monoisotopic (exact) mass is 278 g/mol. The Morgan fingerprint density at radius 3 is 3.00 bits per heavy atom. The van der Waals surface area contributed by atoms with Crippen LogP contribution in [0.4, 0.5) is 0 Å². The van der Waals surface area contributed by atoms with E-state index in [4.69, 9.17) is 9.47 Å². The molecule has 5 heteroatoms. The Kier molecular flexibility index (Phi) is 5.24. The highest BCUT2D eigenvalue weighted by Crippen LogP contribution is 2.32. The summed E-state index contributed by atoms with van der Waals surface area (Å²) in [5, 5.41) is 5.98. The number of hydrogen-bond acceptors (Lipinski definition) is 4. The summed E-state index contributed by atoms with van der Waals surface area (Å²) in [7, 11) is 3.49. The van der Waals surface area contributed by atoms with Crippen molar-refractivity contribution >= 4 is 5.91 Å². The zero-order chi connectivity index (χ0) is 14.4. The van der Waals surface area contributed by atoms with Crippen molar-refractivity contribution in [3.05, 3.63) is 23.8 Å².